The predicted octanol–water partition coefficient (Wildman–Crippen LogP) is 4.22. The maximum absolute atomic E-state index is 12.6. The third-order valence-corrected chi connectivity index (χ3v) is 4.56. The molecular weight excluding hydrogens is 391 g/mol. The Hall–Kier alpha value is -0.560. The second-order valence-electron chi connectivity index (χ2n) is 4.39. The van der Waals surface area contributed by atoms with E-state index in [0.29, 0.717) is 24.0 Å². The van der Waals surface area contributed by atoms with Crippen LogP contribution in [0.3, 0.4) is 0 Å². The van der Waals surface area contributed by atoms with Crippen LogP contribution in [-0.4, -0.2) is 17.8 Å². The van der Waals surface area contributed by atoms with Gasteiger partial charge in [-0.05, 0) is 24.1 Å². The Morgan fingerprint density at radius 3 is 2.53 bits per heavy atom. The lowest BCUT2D eigenvalue weighted by atomic mass is 10.1. The number of hydrogen-bond acceptors (Lipinski definition) is 1. The summed E-state index contributed by atoms with van der Waals surface area (Å²) in [5.74, 6) is 0.143. The fourth-order valence-corrected chi connectivity index (χ4v) is 3.06. The van der Waals surface area contributed by atoms with Crippen LogP contribution in [0.1, 0.15) is 12.0 Å². The Balaban J connectivity index is 2.28. The van der Waals surface area contributed by atoms with Crippen LogP contribution >= 0.6 is 31.9 Å². The molecule has 104 valence electrons. The molecule has 0 bridgehead atoms. The van der Waals surface area contributed by atoms with Crippen molar-refractivity contribution in [2.75, 3.05) is 16.8 Å². The van der Waals surface area contributed by atoms with Crippen LogP contribution in [0.4, 0.5) is 18.9 Å². The molecule has 7 heteroatoms. The van der Waals surface area contributed by atoms with Gasteiger partial charge in [0.05, 0.1) is 5.56 Å². The average Bonchev–Trinajstić information content (AvgIpc) is 2.68. The van der Waals surface area contributed by atoms with Crippen molar-refractivity contribution in [2.24, 2.45) is 5.92 Å². The van der Waals surface area contributed by atoms with Gasteiger partial charge in [-0.15, -0.1) is 0 Å². The highest BCUT2D eigenvalue weighted by Gasteiger charge is 2.34. The molecule has 1 aliphatic heterocycles. The van der Waals surface area contributed by atoms with Crippen LogP contribution in [0.2, 0.25) is 0 Å². The first-order valence-corrected chi connectivity index (χ1v) is 7.47. The Morgan fingerprint density at radius 1 is 1.37 bits per heavy atom. The van der Waals surface area contributed by atoms with E-state index in [1.54, 1.807) is 0 Å². The van der Waals surface area contributed by atoms with E-state index in [9.17, 15) is 18.0 Å². The number of benzene rings is 1. The van der Waals surface area contributed by atoms with Crippen molar-refractivity contribution in [3.05, 3.63) is 28.2 Å². The number of rotatable bonds is 2. The fourth-order valence-electron chi connectivity index (χ4n) is 2.04. The monoisotopic (exact) mass is 399 g/mol. The molecule has 0 spiro atoms. The lowest BCUT2D eigenvalue weighted by molar-refractivity contribution is -0.138. The molecule has 0 aromatic heterocycles. The van der Waals surface area contributed by atoms with Crippen LogP contribution < -0.4 is 4.90 Å². The summed E-state index contributed by atoms with van der Waals surface area (Å²) in [6.45, 7) is 0.530. The van der Waals surface area contributed by atoms with Crippen molar-refractivity contribution in [3.8, 4) is 0 Å². The summed E-state index contributed by atoms with van der Waals surface area (Å²) < 4.78 is 37.9. The molecule has 1 unspecified atom stereocenters. The Morgan fingerprint density at radius 2 is 2.05 bits per heavy atom. The molecule has 1 aliphatic rings. The molecule has 1 saturated heterocycles. The topological polar surface area (TPSA) is 20.3 Å². The van der Waals surface area contributed by atoms with Crippen molar-refractivity contribution in [1.82, 2.24) is 0 Å². The van der Waals surface area contributed by atoms with Crippen molar-refractivity contribution >= 4 is 43.5 Å². The molecule has 0 aliphatic carbocycles. The molecule has 1 atom stereocenters. The van der Waals surface area contributed by atoms with E-state index in [1.165, 1.54) is 17.0 Å². The minimum atomic E-state index is -4.40. The molecule has 1 aromatic rings. The fraction of sp³-hybridized carbons (Fsp3) is 0.417. The molecule has 1 heterocycles. The summed E-state index contributed by atoms with van der Waals surface area (Å²) >= 11 is 6.23. The molecular formula is C12H10Br2F3NO. The smallest absolute Gasteiger partial charge is 0.312 e. The Labute approximate surface area is 125 Å². The standard InChI is InChI=1S/C12H10Br2F3NO/c13-5-7-3-11(19)18(6-7)8-1-2-9(10(14)4-8)12(15,16)17/h1-2,4,7H,3,5-6H2. The first-order valence-electron chi connectivity index (χ1n) is 5.56. The number of nitrogens with zero attached hydrogens (tertiary/aromatic N) is 1. The normalized spacial score (nSPS) is 20.2. The van der Waals surface area contributed by atoms with Gasteiger partial charge >= 0.3 is 6.18 Å². The number of carbonyl (C=O) groups excluding carboxylic acids is 1. The summed E-state index contributed by atoms with van der Waals surface area (Å²) in [5, 5.41) is 0.705. The number of amides is 1. The summed E-state index contributed by atoms with van der Waals surface area (Å²) in [4.78, 5) is 13.3. The van der Waals surface area contributed by atoms with Gasteiger partial charge in [0.15, 0.2) is 0 Å². The molecule has 1 fully saturated rings. The van der Waals surface area contributed by atoms with Gasteiger partial charge in [-0.25, -0.2) is 0 Å². The van der Waals surface area contributed by atoms with Crippen LogP contribution in [0.25, 0.3) is 0 Å². The van der Waals surface area contributed by atoms with Gasteiger partial charge in [-0.1, -0.05) is 31.9 Å². The zero-order chi connectivity index (χ0) is 14.2. The maximum atomic E-state index is 12.6. The van der Waals surface area contributed by atoms with E-state index in [2.05, 4.69) is 31.9 Å². The number of hydrogen-bond donors (Lipinski definition) is 0. The second kappa shape index (κ2) is 5.44. The molecule has 1 amide bonds. The lowest BCUT2D eigenvalue weighted by Crippen LogP contribution is -2.24. The van der Waals surface area contributed by atoms with E-state index in [0.717, 1.165) is 6.07 Å². The number of halogens is 5. The quantitative estimate of drug-likeness (QED) is 0.681. The summed E-state index contributed by atoms with van der Waals surface area (Å²) in [7, 11) is 0. The van der Waals surface area contributed by atoms with Gasteiger partial charge in [0.25, 0.3) is 0 Å². The van der Waals surface area contributed by atoms with Crippen LogP contribution in [0.15, 0.2) is 22.7 Å². The zero-order valence-corrected chi connectivity index (χ0v) is 12.8. The first kappa shape index (κ1) is 14.8. The minimum Gasteiger partial charge on any atom is -0.312 e. The molecule has 1 aromatic carbocycles. The van der Waals surface area contributed by atoms with Crippen LogP contribution in [0, 0.1) is 5.92 Å². The molecule has 2 rings (SSSR count). The van der Waals surface area contributed by atoms with Gasteiger partial charge in [0.2, 0.25) is 5.91 Å². The van der Waals surface area contributed by atoms with Gasteiger partial charge in [-0.3, -0.25) is 4.79 Å². The number of carbonyl (C=O) groups is 1. The Bertz CT molecular complexity index is 504. The van der Waals surface area contributed by atoms with Crippen molar-refractivity contribution in [1.29, 1.82) is 0 Å². The highest BCUT2D eigenvalue weighted by Crippen LogP contribution is 2.37. The Kier molecular flexibility index (Phi) is 4.25. The molecule has 0 N–H and O–H groups in total. The number of alkyl halides is 4. The van der Waals surface area contributed by atoms with Gasteiger partial charge in [0.1, 0.15) is 0 Å². The van der Waals surface area contributed by atoms with Gasteiger partial charge < -0.3 is 4.90 Å². The van der Waals surface area contributed by atoms with Gasteiger partial charge in [-0.2, -0.15) is 13.2 Å². The molecule has 2 nitrogen and oxygen atoms in total. The summed E-state index contributed by atoms with van der Waals surface area (Å²) in [6, 6.07) is 3.67. The highest BCUT2D eigenvalue weighted by molar-refractivity contribution is 9.10. The average molecular weight is 401 g/mol. The lowest BCUT2D eigenvalue weighted by Gasteiger charge is -2.18. The first-order chi connectivity index (χ1) is 8.82. The predicted molar refractivity (Wildman–Crippen MR) is 73.4 cm³/mol. The maximum Gasteiger partial charge on any atom is 0.417 e. The SMILES string of the molecule is O=C1CC(CBr)CN1c1ccc(C(F)(F)F)c(Br)c1. The zero-order valence-electron chi connectivity index (χ0n) is 9.68. The van der Waals surface area contributed by atoms with Crippen LogP contribution in [-0.2, 0) is 11.0 Å². The van der Waals surface area contributed by atoms with E-state index in [4.69, 9.17) is 0 Å². The van der Waals surface area contributed by atoms with Gasteiger partial charge in [0, 0.05) is 28.5 Å². The molecule has 19 heavy (non-hydrogen) atoms. The summed E-state index contributed by atoms with van der Waals surface area (Å²) in [6.07, 6.45) is -3.98. The van der Waals surface area contributed by atoms with E-state index >= 15 is 0 Å². The molecule has 0 saturated carbocycles. The third-order valence-electron chi connectivity index (χ3n) is 2.99. The van der Waals surface area contributed by atoms with Crippen molar-refractivity contribution in [2.45, 2.75) is 12.6 Å². The summed E-state index contributed by atoms with van der Waals surface area (Å²) in [5.41, 5.74) is -0.242. The van der Waals surface area contributed by atoms with Crippen molar-refractivity contribution in [3.63, 3.8) is 0 Å². The highest BCUT2D eigenvalue weighted by atomic mass is 79.9. The third kappa shape index (κ3) is 3.13. The van der Waals surface area contributed by atoms with E-state index in [1.807, 2.05) is 0 Å². The van der Waals surface area contributed by atoms with E-state index < -0.39 is 11.7 Å². The van der Waals surface area contributed by atoms with Crippen molar-refractivity contribution < 1.29 is 18.0 Å². The second-order valence-corrected chi connectivity index (χ2v) is 5.89. The number of anilines is 1. The minimum absolute atomic E-state index is 0.0485. The largest absolute Gasteiger partial charge is 0.417 e. The van der Waals surface area contributed by atoms with Crippen LogP contribution in [0.5, 0.6) is 0 Å². The molecule has 0 radical (unpaired) electrons. The van der Waals surface area contributed by atoms with E-state index in [-0.39, 0.29) is 16.3 Å².